The molecule has 32 heavy (non-hydrogen) atoms. The highest BCUT2D eigenvalue weighted by Gasteiger charge is 2.35. The Morgan fingerprint density at radius 3 is 2.16 bits per heavy atom. The van der Waals surface area contributed by atoms with E-state index < -0.39 is 6.04 Å². The first-order chi connectivity index (χ1) is 15.4. The second kappa shape index (κ2) is 10.1. The normalized spacial score (nSPS) is 13.5. The molecule has 2 aromatic rings. The van der Waals surface area contributed by atoms with Crippen LogP contribution in [-0.4, -0.2) is 60.2 Å². The van der Waals surface area contributed by atoms with Gasteiger partial charge in [0.2, 0.25) is 11.8 Å². The lowest BCUT2D eigenvalue weighted by Crippen LogP contribution is -2.46. The number of fused-ring (bicyclic) bond motifs is 1. The van der Waals surface area contributed by atoms with Crippen molar-refractivity contribution in [3.8, 4) is 5.75 Å². The zero-order valence-electron chi connectivity index (χ0n) is 18.5. The molecule has 0 saturated heterocycles. The number of ether oxygens (including phenoxy) is 1. The Kier molecular flexibility index (Phi) is 7.25. The van der Waals surface area contributed by atoms with Gasteiger partial charge in [0.1, 0.15) is 11.8 Å². The molecule has 0 spiro atoms. The van der Waals surface area contributed by atoms with Gasteiger partial charge >= 0.3 is 0 Å². The molecule has 168 valence electrons. The van der Waals surface area contributed by atoms with Crippen LogP contribution in [0.25, 0.3) is 0 Å². The highest BCUT2D eigenvalue weighted by molar-refractivity contribution is 6.21. The van der Waals surface area contributed by atoms with E-state index in [1.54, 1.807) is 50.4 Å². The topological polar surface area (TPSA) is 96.0 Å². The number of methoxy groups -OCH3 is 1. The van der Waals surface area contributed by atoms with Crippen LogP contribution in [0.2, 0.25) is 0 Å². The van der Waals surface area contributed by atoms with Crippen LogP contribution in [0.5, 0.6) is 5.75 Å². The predicted octanol–water partition coefficient (Wildman–Crippen LogP) is 2.23. The van der Waals surface area contributed by atoms with Gasteiger partial charge in [-0.25, -0.2) is 0 Å². The standard InChI is InChI=1S/C24H27N3O5/c1-16(22(29)25-2)27(15-17-10-12-18(32-3)13-11-17)21(28)9-6-14-26-23(30)19-7-4-5-8-20(19)24(26)31/h4-5,7-8,10-13,16H,6,9,14-15H2,1-3H3,(H,25,29)/t16-/m0/s1. The summed E-state index contributed by atoms with van der Waals surface area (Å²) in [5, 5.41) is 2.58. The Balaban J connectivity index is 1.65. The maximum Gasteiger partial charge on any atom is 0.261 e. The van der Waals surface area contributed by atoms with Crippen LogP contribution in [0.15, 0.2) is 48.5 Å². The second-order valence-electron chi connectivity index (χ2n) is 7.57. The fourth-order valence-corrected chi connectivity index (χ4v) is 3.69. The minimum Gasteiger partial charge on any atom is -0.497 e. The Morgan fingerprint density at radius 1 is 1.03 bits per heavy atom. The van der Waals surface area contributed by atoms with Crippen LogP contribution in [0, 0.1) is 0 Å². The minimum absolute atomic E-state index is 0.102. The lowest BCUT2D eigenvalue weighted by Gasteiger charge is -2.28. The number of benzene rings is 2. The molecule has 2 aromatic carbocycles. The third-order valence-corrected chi connectivity index (χ3v) is 5.58. The summed E-state index contributed by atoms with van der Waals surface area (Å²) < 4.78 is 5.16. The van der Waals surface area contributed by atoms with Gasteiger partial charge in [-0.3, -0.25) is 24.1 Å². The van der Waals surface area contributed by atoms with E-state index in [2.05, 4.69) is 5.32 Å². The number of hydrogen-bond acceptors (Lipinski definition) is 5. The molecule has 1 aliphatic heterocycles. The molecule has 1 N–H and O–H groups in total. The lowest BCUT2D eigenvalue weighted by molar-refractivity contribution is -0.140. The molecule has 0 bridgehead atoms. The summed E-state index contributed by atoms with van der Waals surface area (Å²) in [7, 11) is 3.10. The quantitative estimate of drug-likeness (QED) is 0.607. The summed E-state index contributed by atoms with van der Waals surface area (Å²) in [5.74, 6) is -0.480. The largest absolute Gasteiger partial charge is 0.497 e. The van der Waals surface area contributed by atoms with Gasteiger partial charge < -0.3 is 15.0 Å². The number of rotatable bonds is 9. The van der Waals surface area contributed by atoms with Crippen molar-refractivity contribution in [3.05, 3.63) is 65.2 Å². The van der Waals surface area contributed by atoms with Gasteiger partial charge in [-0.2, -0.15) is 0 Å². The molecule has 1 atom stereocenters. The Hall–Kier alpha value is -3.68. The average molecular weight is 437 g/mol. The van der Waals surface area contributed by atoms with E-state index in [0.29, 0.717) is 23.3 Å². The van der Waals surface area contributed by atoms with Crippen molar-refractivity contribution in [2.75, 3.05) is 20.7 Å². The van der Waals surface area contributed by atoms with E-state index in [0.717, 1.165) is 5.56 Å². The van der Waals surface area contributed by atoms with Crippen molar-refractivity contribution in [1.82, 2.24) is 15.1 Å². The molecule has 0 saturated carbocycles. The smallest absolute Gasteiger partial charge is 0.261 e. The van der Waals surface area contributed by atoms with Gasteiger partial charge in [0.25, 0.3) is 11.8 Å². The number of imide groups is 1. The van der Waals surface area contributed by atoms with E-state index >= 15 is 0 Å². The summed E-state index contributed by atoms with van der Waals surface area (Å²) in [6, 6.07) is 13.3. The lowest BCUT2D eigenvalue weighted by atomic mass is 10.1. The van der Waals surface area contributed by atoms with E-state index in [1.165, 1.54) is 16.8 Å². The molecule has 3 rings (SSSR count). The van der Waals surface area contributed by atoms with Gasteiger partial charge in [0, 0.05) is 26.6 Å². The highest BCUT2D eigenvalue weighted by atomic mass is 16.5. The highest BCUT2D eigenvalue weighted by Crippen LogP contribution is 2.23. The van der Waals surface area contributed by atoms with Gasteiger partial charge in [-0.05, 0) is 43.2 Å². The molecule has 0 fully saturated rings. The summed E-state index contributed by atoms with van der Waals surface area (Å²) in [4.78, 5) is 52.9. The van der Waals surface area contributed by atoms with Crippen molar-refractivity contribution >= 4 is 23.6 Å². The third-order valence-electron chi connectivity index (χ3n) is 5.58. The van der Waals surface area contributed by atoms with Crippen LogP contribution in [0.3, 0.4) is 0 Å². The van der Waals surface area contributed by atoms with Crippen molar-refractivity contribution in [2.45, 2.75) is 32.4 Å². The molecule has 0 aromatic heterocycles. The molecule has 0 radical (unpaired) electrons. The van der Waals surface area contributed by atoms with E-state index in [1.807, 2.05) is 12.1 Å². The first kappa shape index (κ1) is 23.0. The number of carbonyl (C=O) groups excluding carboxylic acids is 4. The fraction of sp³-hybridized carbons (Fsp3) is 0.333. The first-order valence-corrected chi connectivity index (χ1v) is 10.5. The number of amides is 4. The second-order valence-corrected chi connectivity index (χ2v) is 7.57. The molecule has 1 aliphatic rings. The first-order valence-electron chi connectivity index (χ1n) is 10.5. The van der Waals surface area contributed by atoms with Gasteiger partial charge in [-0.1, -0.05) is 24.3 Å². The molecule has 4 amide bonds. The fourth-order valence-electron chi connectivity index (χ4n) is 3.69. The van der Waals surface area contributed by atoms with Crippen molar-refractivity contribution in [3.63, 3.8) is 0 Å². The van der Waals surface area contributed by atoms with Crippen molar-refractivity contribution < 1.29 is 23.9 Å². The molecular weight excluding hydrogens is 410 g/mol. The molecule has 1 heterocycles. The summed E-state index contributed by atoms with van der Waals surface area (Å²) in [5.41, 5.74) is 1.63. The van der Waals surface area contributed by atoms with Gasteiger partial charge in [-0.15, -0.1) is 0 Å². The zero-order valence-corrected chi connectivity index (χ0v) is 18.5. The van der Waals surface area contributed by atoms with Crippen molar-refractivity contribution in [1.29, 1.82) is 0 Å². The van der Waals surface area contributed by atoms with E-state index in [9.17, 15) is 19.2 Å². The van der Waals surface area contributed by atoms with Gasteiger partial charge in [0.15, 0.2) is 0 Å². The maximum atomic E-state index is 13.0. The molecule has 8 nitrogen and oxygen atoms in total. The average Bonchev–Trinajstić information content (AvgIpc) is 3.06. The molecule has 0 unspecified atom stereocenters. The Morgan fingerprint density at radius 2 is 1.62 bits per heavy atom. The molecule has 8 heteroatoms. The number of carbonyl (C=O) groups is 4. The monoisotopic (exact) mass is 437 g/mol. The number of hydrogen-bond donors (Lipinski definition) is 1. The number of likely N-dealkylation sites (N-methyl/N-ethyl adjacent to an activating group) is 1. The van der Waals surface area contributed by atoms with Crippen LogP contribution in [0.1, 0.15) is 46.0 Å². The zero-order chi connectivity index (χ0) is 23.3. The number of nitrogens with zero attached hydrogens (tertiary/aromatic N) is 2. The van der Waals surface area contributed by atoms with Crippen molar-refractivity contribution in [2.24, 2.45) is 0 Å². The number of nitrogens with one attached hydrogen (secondary N) is 1. The van der Waals surface area contributed by atoms with E-state index in [-0.39, 0.29) is 43.1 Å². The van der Waals surface area contributed by atoms with Crippen LogP contribution < -0.4 is 10.1 Å². The maximum absolute atomic E-state index is 13.0. The van der Waals surface area contributed by atoms with E-state index in [4.69, 9.17) is 4.74 Å². The Bertz CT molecular complexity index is 984. The van der Waals surface area contributed by atoms with Gasteiger partial charge in [0.05, 0.1) is 18.2 Å². The SMILES string of the molecule is CNC(=O)[C@H](C)N(Cc1ccc(OC)cc1)C(=O)CCCN1C(=O)c2ccccc2C1=O. The molecular formula is C24H27N3O5. The van der Waals surface area contributed by atoms with Crippen LogP contribution >= 0.6 is 0 Å². The minimum atomic E-state index is -0.672. The third kappa shape index (κ3) is 4.80. The van der Waals surface area contributed by atoms with Crippen LogP contribution in [-0.2, 0) is 16.1 Å². The predicted molar refractivity (Wildman–Crippen MR) is 118 cm³/mol. The summed E-state index contributed by atoms with van der Waals surface area (Å²) in [6.07, 6.45) is 0.411. The summed E-state index contributed by atoms with van der Waals surface area (Å²) in [6.45, 7) is 2.07. The summed E-state index contributed by atoms with van der Waals surface area (Å²) >= 11 is 0. The molecule has 0 aliphatic carbocycles. The van der Waals surface area contributed by atoms with Crippen LogP contribution in [0.4, 0.5) is 0 Å². The Labute approximate surface area is 187 Å².